The smallest absolute Gasteiger partial charge is 0.123 e. The van der Waals surface area contributed by atoms with Crippen molar-refractivity contribution in [2.75, 3.05) is 13.2 Å². The fourth-order valence-corrected chi connectivity index (χ4v) is 1.54. The minimum Gasteiger partial charge on any atom is -0.389 e. The predicted octanol–water partition coefficient (Wildman–Crippen LogP) is 2.26. The van der Waals surface area contributed by atoms with Gasteiger partial charge in [-0.05, 0) is 38.5 Å². The molecule has 0 saturated heterocycles. The van der Waals surface area contributed by atoms with E-state index in [2.05, 4.69) is 5.32 Å². The number of aliphatic hydroxyl groups is 1. The zero-order valence-corrected chi connectivity index (χ0v) is 11.2. The maximum absolute atomic E-state index is 12.8. The van der Waals surface area contributed by atoms with Gasteiger partial charge in [-0.2, -0.15) is 0 Å². The Labute approximate surface area is 108 Å². The molecule has 3 nitrogen and oxygen atoms in total. The molecule has 2 N–H and O–H groups in total. The van der Waals surface area contributed by atoms with Gasteiger partial charge in [0, 0.05) is 12.6 Å². The number of benzene rings is 1. The molecule has 0 bridgehead atoms. The van der Waals surface area contributed by atoms with Gasteiger partial charge in [0.1, 0.15) is 5.82 Å². The van der Waals surface area contributed by atoms with E-state index in [1.165, 1.54) is 12.1 Å². The first-order valence-electron chi connectivity index (χ1n) is 6.27. The summed E-state index contributed by atoms with van der Waals surface area (Å²) in [6.45, 7) is 6.61. The van der Waals surface area contributed by atoms with E-state index in [1.807, 2.05) is 20.8 Å². The van der Waals surface area contributed by atoms with Gasteiger partial charge in [-0.3, -0.25) is 0 Å². The molecule has 18 heavy (non-hydrogen) atoms. The second kappa shape index (κ2) is 7.46. The number of rotatable bonds is 7. The van der Waals surface area contributed by atoms with Crippen molar-refractivity contribution < 1.29 is 14.2 Å². The van der Waals surface area contributed by atoms with Crippen LogP contribution in [0, 0.1) is 5.82 Å². The van der Waals surface area contributed by atoms with Crippen molar-refractivity contribution in [1.82, 2.24) is 5.32 Å². The lowest BCUT2D eigenvalue weighted by Crippen LogP contribution is -2.32. The fourth-order valence-electron chi connectivity index (χ4n) is 1.54. The third-order valence-corrected chi connectivity index (χ3v) is 2.65. The van der Waals surface area contributed by atoms with Crippen LogP contribution >= 0.6 is 0 Å². The van der Waals surface area contributed by atoms with E-state index in [9.17, 15) is 9.50 Å². The van der Waals surface area contributed by atoms with E-state index in [0.717, 1.165) is 5.56 Å². The second-order valence-electron chi connectivity index (χ2n) is 4.72. The van der Waals surface area contributed by atoms with Crippen molar-refractivity contribution >= 4 is 0 Å². The van der Waals surface area contributed by atoms with E-state index >= 15 is 0 Å². The minimum absolute atomic E-state index is 0.0688. The average molecular weight is 255 g/mol. The average Bonchev–Trinajstić information content (AvgIpc) is 2.34. The van der Waals surface area contributed by atoms with Crippen molar-refractivity contribution in [2.45, 2.75) is 39.0 Å². The van der Waals surface area contributed by atoms with E-state index in [-0.39, 0.29) is 18.0 Å². The van der Waals surface area contributed by atoms with Crippen molar-refractivity contribution in [3.8, 4) is 0 Å². The van der Waals surface area contributed by atoms with E-state index in [0.29, 0.717) is 13.2 Å². The summed E-state index contributed by atoms with van der Waals surface area (Å²) in [5.41, 5.74) is 0.994. The molecule has 102 valence electrons. The molecule has 0 aliphatic rings. The monoisotopic (exact) mass is 255 g/mol. The molecule has 1 aromatic rings. The van der Waals surface area contributed by atoms with Crippen LogP contribution in [0.5, 0.6) is 0 Å². The standard InChI is InChI=1S/C14H22FNO2/c1-10(2)18-9-14(17)8-16-11(3)12-4-6-13(15)7-5-12/h4-7,10-11,14,16-17H,8-9H2,1-3H3/t11-,14?/m1/s1. The molecule has 1 unspecified atom stereocenters. The van der Waals surface area contributed by atoms with Crippen molar-refractivity contribution in [2.24, 2.45) is 0 Å². The molecule has 0 spiro atoms. The predicted molar refractivity (Wildman–Crippen MR) is 69.9 cm³/mol. The molecule has 0 fully saturated rings. The number of hydrogen-bond acceptors (Lipinski definition) is 3. The molecule has 4 heteroatoms. The Kier molecular flexibility index (Phi) is 6.25. The SMILES string of the molecule is CC(C)OCC(O)CN[C@H](C)c1ccc(F)cc1. The van der Waals surface area contributed by atoms with Gasteiger partial charge in [0.05, 0.1) is 18.8 Å². The van der Waals surface area contributed by atoms with Crippen LogP contribution in [0.25, 0.3) is 0 Å². The van der Waals surface area contributed by atoms with Gasteiger partial charge in [-0.25, -0.2) is 4.39 Å². The van der Waals surface area contributed by atoms with E-state index < -0.39 is 6.10 Å². The number of nitrogens with one attached hydrogen (secondary N) is 1. The highest BCUT2D eigenvalue weighted by atomic mass is 19.1. The Hall–Kier alpha value is -0.970. The highest BCUT2D eigenvalue weighted by molar-refractivity contribution is 5.19. The number of aliphatic hydroxyl groups excluding tert-OH is 1. The lowest BCUT2D eigenvalue weighted by Gasteiger charge is -2.18. The molecule has 1 aromatic carbocycles. The number of ether oxygens (including phenoxy) is 1. The molecule has 0 saturated carbocycles. The topological polar surface area (TPSA) is 41.5 Å². The molecule has 0 aliphatic heterocycles. The van der Waals surface area contributed by atoms with Gasteiger partial charge >= 0.3 is 0 Å². The summed E-state index contributed by atoms with van der Waals surface area (Å²) >= 11 is 0. The second-order valence-corrected chi connectivity index (χ2v) is 4.72. The van der Waals surface area contributed by atoms with Crippen LogP contribution in [0.2, 0.25) is 0 Å². The Morgan fingerprint density at radius 2 is 1.83 bits per heavy atom. The molecule has 2 atom stereocenters. The van der Waals surface area contributed by atoms with Gasteiger partial charge in [-0.1, -0.05) is 12.1 Å². The Bertz CT molecular complexity index is 340. The lowest BCUT2D eigenvalue weighted by atomic mass is 10.1. The summed E-state index contributed by atoms with van der Waals surface area (Å²) in [7, 11) is 0. The summed E-state index contributed by atoms with van der Waals surface area (Å²) < 4.78 is 18.1. The molecule has 1 rings (SSSR count). The molecular weight excluding hydrogens is 233 g/mol. The van der Waals surface area contributed by atoms with Crippen LogP contribution in [-0.4, -0.2) is 30.5 Å². The lowest BCUT2D eigenvalue weighted by molar-refractivity contribution is 0.00560. The molecule has 0 radical (unpaired) electrons. The summed E-state index contributed by atoms with van der Waals surface area (Å²) in [6.07, 6.45) is -0.413. The van der Waals surface area contributed by atoms with Crippen LogP contribution in [0.3, 0.4) is 0 Å². The van der Waals surface area contributed by atoms with Crippen LogP contribution in [0.1, 0.15) is 32.4 Å². The van der Waals surface area contributed by atoms with E-state index in [4.69, 9.17) is 4.74 Å². The van der Waals surface area contributed by atoms with Gasteiger partial charge < -0.3 is 15.2 Å². The number of hydrogen-bond donors (Lipinski definition) is 2. The Balaban J connectivity index is 2.32. The third kappa shape index (κ3) is 5.58. The maximum Gasteiger partial charge on any atom is 0.123 e. The maximum atomic E-state index is 12.8. The highest BCUT2D eigenvalue weighted by Gasteiger charge is 2.09. The first-order valence-corrected chi connectivity index (χ1v) is 6.27. The summed E-state index contributed by atoms with van der Waals surface area (Å²) in [6, 6.07) is 6.42. The first kappa shape index (κ1) is 15.1. The molecule has 0 aliphatic carbocycles. The molecule has 0 heterocycles. The first-order chi connectivity index (χ1) is 8.49. The zero-order chi connectivity index (χ0) is 13.5. The summed E-state index contributed by atoms with van der Waals surface area (Å²) in [4.78, 5) is 0. The van der Waals surface area contributed by atoms with Crippen LogP contribution < -0.4 is 5.32 Å². The summed E-state index contributed by atoms with van der Waals surface area (Å²) in [5.74, 6) is -0.240. The zero-order valence-electron chi connectivity index (χ0n) is 11.2. The van der Waals surface area contributed by atoms with Crippen LogP contribution in [0.15, 0.2) is 24.3 Å². The quantitative estimate of drug-likeness (QED) is 0.785. The van der Waals surface area contributed by atoms with Crippen LogP contribution in [0.4, 0.5) is 4.39 Å². The Morgan fingerprint density at radius 1 is 1.22 bits per heavy atom. The third-order valence-electron chi connectivity index (χ3n) is 2.65. The molecule has 0 amide bonds. The largest absolute Gasteiger partial charge is 0.389 e. The van der Waals surface area contributed by atoms with E-state index in [1.54, 1.807) is 12.1 Å². The van der Waals surface area contributed by atoms with Gasteiger partial charge in [0.25, 0.3) is 0 Å². The van der Waals surface area contributed by atoms with Gasteiger partial charge in [-0.15, -0.1) is 0 Å². The fraction of sp³-hybridized carbons (Fsp3) is 0.571. The van der Waals surface area contributed by atoms with Crippen LogP contribution in [-0.2, 0) is 4.74 Å². The summed E-state index contributed by atoms with van der Waals surface area (Å²) in [5, 5.41) is 12.9. The normalized spacial score (nSPS) is 14.8. The molecular formula is C14H22FNO2. The minimum atomic E-state index is -0.532. The molecule has 0 aromatic heterocycles. The van der Waals surface area contributed by atoms with Crippen molar-refractivity contribution in [1.29, 1.82) is 0 Å². The Morgan fingerprint density at radius 3 is 2.39 bits per heavy atom. The highest BCUT2D eigenvalue weighted by Crippen LogP contribution is 2.12. The van der Waals surface area contributed by atoms with Gasteiger partial charge in [0.15, 0.2) is 0 Å². The van der Waals surface area contributed by atoms with Crippen molar-refractivity contribution in [3.63, 3.8) is 0 Å². The number of halogens is 1. The van der Waals surface area contributed by atoms with Crippen molar-refractivity contribution in [3.05, 3.63) is 35.6 Å². The van der Waals surface area contributed by atoms with Gasteiger partial charge in [0.2, 0.25) is 0 Å².